The van der Waals surface area contributed by atoms with Gasteiger partial charge in [-0.2, -0.15) is 0 Å². The number of rotatable bonds is 6. The summed E-state index contributed by atoms with van der Waals surface area (Å²) in [4.78, 5) is 24.2. The topological polar surface area (TPSA) is 127 Å². The number of nitrogens with one attached hydrogen (secondary N) is 1. The summed E-state index contributed by atoms with van der Waals surface area (Å²) in [6, 6.07) is 8.70. The molecule has 0 aliphatic carbocycles. The lowest BCUT2D eigenvalue weighted by Crippen LogP contribution is -2.27. The van der Waals surface area contributed by atoms with Crippen LogP contribution in [0.4, 0.5) is 10.5 Å². The maximum Gasteiger partial charge on any atom is 0.321 e. The maximum absolute atomic E-state index is 13.4. The van der Waals surface area contributed by atoms with E-state index in [1.165, 1.54) is 35.4 Å². The fourth-order valence-electron chi connectivity index (χ4n) is 3.35. The highest BCUT2D eigenvalue weighted by Crippen LogP contribution is 2.39. The van der Waals surface area contributed by atoms with Crippen molar-refractivity contribution in [2.45, 2.75) is 17.7 Å². The first-order chi connectivity index (χ1) is 15.2. The predicted molar refractivity (Wildman–Crippen MR) is 116 cm³/mol. The van der Waals surface area contributed by atoms with Gasteiger partial charge in [-0.05, 0) is 42.3 Å². The lowest BCUT2D eigenvalue weighted by Gasteiger charge is -2.13. The molecule has 4 rings (SSSR count). The fraction of sp³-hybridized carbons (Fsp3) is 0.238. The molecule has 2 amide bonds. The van der Waals surface area contributed by atoms with Crippen LogP contribution in [0.1, 0.15) is 12.0 Å². The number of aromatic nitrogens is 1. The largest absolute Gasteiger partial charge is 0.481 e. The number of hydrogen-bond donors (Lipinski definition) is 2. The number of aryl methyl sites for hydroxylation is 1. The molecule has 0 saturated carbocycles. The van der Waals surface area contributed by atoms with Crippen LogP contribution in [0.15, 0.2) is 47.5 Å². The Morgan fingerprint density at radius 2 is 1.78 bits per heavy atom. The summed E-state index contributed by atoms with van der Waals surface area (Å²) in [5, 5.41) is 12.3. The molecule has 3 aromatic rings. The van der Waals surface area contributed by atoms with Crippen molar-refractivity contribution in [3.63, 3.8) is 0 Å². The average Bonchev–Trinajstić information content (AvgIpc) is 3.35. The van der Waals surface area contributed by atoms with E-state index >= 15 is 0 Å². The summed E-state index contributed by atoms with van der Waals surface area (Å²) in [5.74, 6) is -0.0892. The first kappa shape index (κ1) is 21.5. The molecule has 0 fully saturated rings. The number of benzene rings is 2. The van der Waals surface area contributed by atoms with E-state index in [1.54, 1.807) is 26.2 Å². The van der Waals surface area contributed by atoms with Gasteiger partial charge in [-0.25, -0.2) is 17.2 Å². The third kappa shape index (κ3) is 3.94. The highest BCUT2D eigenvalue weighted by atomic mass is 32.2. The molecule has 1 aliphatic rings. The van der Waals surface area contributed by atoms with Crippen molar-refractivity contribution < 1.29 is 32.6 Å². The van der Waals surface area contributed by atoms with Gasteiger partial charge in [0.1, 0.15) is 0 Å². The number of urea groups is 1. The van der Waals surface area contributed by atoms with Crippen molar-refractivity contribution in [3.8, 4) is 11.5 Å². The van der Waals surface area contributed by atoms with Gasteiger partial charge in [0.15, 0.2) is 11.5 Å². The van der Waals surface area contributed by atoms with Crippen molar-refractivity contribution in [1.29, 1.82) is 0 Å². The third-order valence-corrected chi connectivity index (χ3v) is 6.71. The second kappa shape index (κ2) is 8.08. The van der Waals surface area contributed by atoms with Gasteiger partial charge in [0.25, 0.3) is 10.0 Å². The van der Waals surface area contributed by atoms with Crippen LogP contribution in [0.25, 0.3) is 10.9 Å². The van der Waals surface area contributed by atoms with E-state index in [9.17, 15) is 18.0 Å². The van der Waals surface area contributed by atoms with Crippen molar-refractivity contribution in [2.75, 3.05) is 26.2 Å². The zero-order valence-corrected chi connectivity index (χ0v) is 18.2. The first-order valence-corrected chi connectivity index (χ1v) is 11.1. The summed E-state index contributed by atoms with van der Waals surface area (Å²) in [7, 11) is -0.821. The molecular formula is C21H21N3O7S. The van der Waals surface area contributed by atoms with Crippen molar-refractivity contribution in [2.24, 2.45) is 0 Å². The molecule has 0 atom stereocenters. The zero-order chi connectivity index (χ0) is 23.0. The third-order valence-electron chi connectivity index (χ3n) is 5.02. The Bertz CT molecular complexity index is 1310. The summed E-state index contributed by atoms with van der Waals surface area (Å²) in [6.07, 6.45) is 1.44. The molecule has 1 aromatic heterocycles. The number of carboxylic acid groups (broad SMARTS) is 1. The molecule has 0 unspecified atom stereocenters. The van der Waals surface area contributed by atoms with Gasteiger partial charge < -0.3 is 24.8 Å². The van der Waals surface area contributed by atoms with Gasteiger partial charge in [-0.1, -0.05) is 0 Å². The lowest BCUT2D eigenvalue weighted by molar-refractivity contribution is -0.136. The molecule has 1 aliphatic heterocycles. The molecule has 0 saturated heterocycles. The number of hydrogen-bond acceptors (Lipinski definition) is 6. The zero-order valence-electron chi connectivity index (χ0n) is 17.4. The molecule has 0 radical (unpaired) electrons. The van der Waals surface area contributed by atoms with Crippen molar-refractivity contribution in [3.05, 3.63) is 48.2 Å². The number of carbonyl (C=O) groups excluding carboxylic acids is 1. The molecule has 2 aromatic carbocycles. The van der Waals surface area contributed by atoms with Gasteiger partial charge in [0.05, 0.1) is 10.4 Å². The second-order valence-corrected chi connectivity index (χ2v) is 9.24. The predicted octanol–water partition coefficient (Wildman–Crippen LogP) is 2.72. The second-order valence-electron chi connectivity index (χ2n) is 7.42. The van der Waals surface area contributed by atoms with Crippen LogP contribution < -0.4 is 14.8 Å². The van der Waals surface area contributed by atoms with Crippen LogP contribution in [0, 0.1) is 0 Å². The summed E-state index contributed by atoms with van der Waals surface area (Å²) < 4.78 is 38.7. The van der Waals surface area contributed by atoms with Gasteiger partial charge in [0.2, 0.25) is 6.79 Å². The molecule has 2 N–H and O–H groups in total. The fourth-order valence-corrected chi connectivity index (χ4v) is 4.73. The summed E-state index contributed by atoms with van der Waals surface area (Å²) >= 11 is 0. The Kier molecular flexibility index (Phi) is 5.43. The Morgan fingerprint density at radius 1 is 1.12 bits per heavy atom. The minimum atomic E-state index is -4.01. The lowest BCUT2D eigenvalue weighted by atomic mass is 10.1. The Balaban J connectivity index is 1.76. The smallest absolute Gasteiger partial charge is 0.321 e. The van der Waals surface area contributed by atoms with Crippen LogP contribution >= 0.6 is 0 Å². The number of amides is 2. The van der Waals surface area contributed by atoms with Crippen LogP contribution in [-0.4, -0.2) is 55.3 Å². The molecule has 32 heavy (non-hydrogen) atoms. The Labute approximate surface area is 184 Å². The molecular weight excluding hydrogens is 438 g/mol. The van der Waals surface area contributed by atoms with Crippen LogP contribution in [-0.2, 0) is 21.2 Å². The van der Waals surface area contributed by atoms with E-state index in [4.69, 9.17) is 14.6 Å². The Morgan fingerprint density at radius 3 is 2.41 bits per heavy atom. The number of aliphatic carboxylic acids is 1. The molecule has 168 valence electrons. The molecule has 0 bridgehead atoms. The maximum atomic E-state index is 13.4. The van der Waals surface area contributed by atoms with E-state index in [0.717, 1.165) is 3.97 Å². The number of nitrogens with zero attached hydrogens (tertiary/aromatic N) is 2. The van der Waals surface area contributed by atoms with Crippen LogP contribution in [0.3, 0.4) is 0 Å². The molecule has 2 heterocycles. The minimum Gasteiger partial charge on any atom is -0.481 e. The van der Waals surface area contributed by atoms with Crippen LogP contribution in [0.2, 0.25) is 0 Å². The quantitative estimate of drug-likeness (QED) is 0.580. The van der Waals surface area contributed by atoms with Gasteiger partial charge in [-0.3, -0.25) is 4.79 Å². The van der Waals surface area contributed by atoms with Crippen molar-refractivity contribution in [1.82, 2.24) is 8.87 Å². The average molecular weight is 459 g/mol. The normalized spacial score (nSPS) is 12.7. The number of ether oxygens (including phenoxy) is 2. The van der Waals surface area contributed by atoms with E-state index in [1.807, 2.05) is 0 Å². The summed E-state index contributed by atoms with van der Waals surface area (Å²) in [5.41, 5.74) is 1.38. The van der Waals surface area contributed by atoms with E-state index in [-0.39, 0.29) is 30.6 Å². The molecule has 10 nitrogen and oxygen atoms in total. The first-order valence-electron chi connectivity index (χ1n) is 9.66. The van der Waals surface area contributed by atoms with E-state index in [0.29, 0.717) is 33.7 Å². The van der Waals surface area contributed by atoms with Gasteiger partial charge in [-0.15, -0.1) is 0 Å². The van der Waals surface area contributed by atoms with Crippen molar-refractivity contribution >= 4 is 38.6 Å². The van der Waals surface area contributed by atoms with Gasteiger partial charge in [0, 0.05) is 43.9 Å². The monoisotopic (exact) mass is 459 g/mol. The SMILES string of the molecule is CN(C)C(=O)Nc1ccc(S(=O)(=O)n2cc(CCC(=O)O)c3cc4c(cc32)OCO4)cc1. The highest BCUT2D eigenvalue weighted by molar-refractivity contribution is 7.90. The number of carbonyl (C=O) groups is 2. The molecule has 11 heteroatoms. The summed E-state index contributed by atoms with van der Waals surface area (Å²) in [6.45, 7) is 0.0271. The van der Waals surface area contributed by atoms with E-state index < -0.39 is 16.0 Å². The minimum absolute atomic E-state index is 0.0136. The van der Waals surface area contributed by atoms with Crippen LogP contribution in [0.5, 0.6) is 11.5 Å². The number of carboxylic acids is 1. The standard InChI is InChI=1S/C21H21N3O7S/c1-23(2)21(27)22-14-4-6-15(7-5-14)32(28,29)24-11-13(3-8-20(25)26)16-9-18-19(10-17(16)24)31-12-30-18/h4-7,9-11H,3,8,12H2,1-2H3,(H,22,27)(H,25,26). The number of anilines is 1. The number of fused-ring (bicyclic) bond motifs is 2. The van der Waals surface area contributed by atoms with E-state index in [2.05, 4.69) is 5.32 Å². The highest BCUT2D eigenvalue weighted by Gasteiger charge is 2.25. The van der Waals surface area contributed by atoms with Gasteiger partial charge >= 0.3 is 12.0 Å². The molecule has 0 spiro atoms. The Hall–Kier alpha value is -3.73.